The number of hydrogen-bond acceptors (Lipinski definition) is 2. The van der Waals surface area contributed by atoms with Gasteiger partial charge in [-0.1, -0.05) is 118 Å². The Morgan fingerprint density at radius 3 is 0.943 bits per heavy atom. The molecule has 0 saturated heterocycles. The number of rotatable bonds is 8. The molecule has 0 amide bonds. The number of ether oxygens (including phenoxy) is 2. The zero-order valence-electron chi connectivity index (χ0n) is 24.5. The molecule has 0 aromatic carbocycles. The van der Waals surface area contributed by atoms with Crippen LogP contribution < -0.4 is 0 Å². The zero-order valence-corrected chi connectivity index (χ0v) is 28.0. The number of hydrogen-bond donors (Lipinski definition) is 0. The van der Waals surface area contributed by atoms with Gasteiger partial charge in [-0.25, -0.2) is 0 Å². The van der Waals surface area contributed by atoms with Crippen molar-refractivity contribution in [3.05, 3.63) is 21.2 Å². The van der Waals surface area contributed by atoms with Crippen molar-refractivity contribution in [3.8, 4) is 22.9 Å². The first-order valence-corrected chi connectivity index (χ1v) is 18.2. The fourth-order valence-electron chi connectivity index (χ4n) is 6.53. The monoisotopic (exact) mass is 554 g/mol. The summed E-state index contributed by atoms with van der Waals surface area (Å²) >= 11 is 13.9. The van der Waals surface area contributed by atoms with Gasteiger partial charge in [0.2, 0.25) is 5.79 Å². The van der Waals surface area contributed by atoms with E-state index in [9.17, 15) is 0 Å². The summed E-state index contributed by atoms with van der Waals surface area (Å²) < 4.78 is 11.5. The van der Waals surface area contributed by atoms with E-state index >= 15 is 0 Å². The molecule has 0 aliphatic heterocycles. The van der Waals surface area contributed by atoms with Gasteiger partial charge in [-0.3, -0.25) is 0 Å². The molecule has 0 heterocycles. The van der Waals surface area contributed by atoms with Crippen molar-refractivity contribution in [1.29, 1.82) is 0 Å². The van der Waals surface area contributed by atoms with Crippen molar-refractivity contribution in [3.63, 3.8) is 0 Å². The van der Waals surface area contributed by atoms with E-state index in [1.165, 1.54) is 0 Å². The quantitative estimate of drug-likeness (QED) is 0.169. The first kappa shape index (κ1) is 32.6. The predicted molar refractivity (Wildman–Crippen MR) is 160 cm³/mol. The highest BCUT2D eigenvalue weighted by Gasteiger charge is 2.48. The topological polar surface area (TPSA) is 18.5 Å². The van der Waals surface area contributed by atoms with Crippen LogP contribution in [0.15, 0.2) is 21.2 Å². The maximum atomic E-state index is 6.96. The molecule has 6 heteroatoms. The van der Waals surface area contributed by atoms with Gasteiger partial charge in [-0.05, 0) is 33.2 Å². The summed E-state index contributed by atoms with van der Waals surface area (Å²) in [4.78, 5) is 0. The maximum Gasteiger partial charge on any atom is 0.246 e. The summed E-state index contributed by atoms with van der Waals surface area (Å²) in [7, 11) is -0.882. The molecule has 0 N–H and O–H groups in total. The average Bonchev–Trinajstić information content (AvgIpc) is 2.93. The van der Waals surface area contributed by atoms with Crippen LogP contribution in [-0.4, -0.2) is 36.2 Å². The molecule has 198 valence electrons. The highest BCUT2D eigenvalue weighted by molar-refractivity contribution is 6.91. The van der Waals surface area contributed by atoms with E-state index < -0.39 is 21.9 Å². The Hall–Kier alpha value is -0.466. The lowest BCUT2D eigenvalue weighted by atomic mass is 10.1. The molecule has 0 aromatic heterocycles. The van der Waals surface area contributed by atoms with E-state index in [2.05, 4.69) is 106 Å². The van der Waals surface area contributed by atoms with Crippen LogP contribution in [0.5, 0.6) is 0 Å². The van der Waals surface area contributed by atoms with Crippen LogP contribution in [0.3, 0.4) is 0 Å². The van der Waals surface area contributed by atoms with Crippen molar-refractivity contribution in [2.24, 2.45) is 0 Å². The van der Waals surface area contributed by atoms with Crippen LogP contribution in [0.2, 0.25) is 33.2 Å². The van der Waals surface area contributed by atoms with Crippen LogP contribution in [0.4, 0.5) is 0 Å². The second-order valence-electron chi connectivity index (χ2n) is 11.7. The lowest BCUT2D eigenvalue weighted by molar-refractivity contribution is -0.138. The fraction of sp³-hybridized carbons (Fsp3) is 0.724. The Morgan fingerprint density at radius 1 is 0.543 bits per heavy atom. The van der Waals surface area contributed by atoms with Gasteiger partial charge in [-0.15, -0.1) is 11.1 Å². The van der Waals surface area contributed by atoms with Gasteiger partial charge in [-0.2, -0.15) is 0 Å². The van der Waals surface area contributed by atoms with Crippen LogP contribution in [-0.2, 0) is 9.47 Å². The van der Waals surface area contributed by atoms with Crippen molar-refractivity contribution in [2.45, 2.75) is 122 Å². The number of methoxy groups -OCH3 is 2. The molecule has 0 bridgehead atoms. The van der Waals surface area contributed by atoms with Gasteiger partial charge < -0.3 is 9.47 Å². The van der Waals surface area contributed by atoms with E-state index in [1.54, 1.807) is 14.2 Å². The zero-order chi connectivity index (χ0) is 27.5. The third-order valence-corrected chi connectivity index (χ3v) is 21.8. The van der Waals surface area contributed by atoms with Crippen molar-refractivity contribution in [2.75, 3.05) is 14.2 Å². The van der Waals surface area contributed by atoms with Crippen LogP contribution in [0.25, 0.3) is 0 Å². The van der Waals surface area contributed by atoms with E-state index in [-0.39, 0.29) is 0 Å². The molecule has 0 fully saturated rings. The molecule has 0 aromatic rings. The molecule has 0 saturated carbocycles. The molecule has 0 unspecified atom stereocenters. The summed E-state index contributed by atoms with van der Waals surface area (Å²) in [5, 5.41) is 0.740. The van der Waals surface area contributed by atoms with Gasteiger partial charge in [0.25, 0.3) is 0 Å². The summed E-state index contributed by atoms with van der Waals surface area (Å²) in [6, 6.07) is 0. The third kappa shape index (κ3) is 5.55. The van der Waals surface area contributed by atoms with E-state index in [0.717, 1.165) is 0 Å². The van der Waals surface area contributed by atoms with E-state index in [1.807, 2.05) is 0 Å². The van der Waals surface area contributed by atoms with Gasteiger partial charge >= 0.3 is 0 Å². The van der Waals surface area contributed by atoms with Gasteiger partial charge in [0.1, 0.15) is 16.1 Å². The predicted octanol–water partition coefficient (Wildman–Crippen LogP) is 9.42. The minimum Gasteiger partial charge on any atom is -0.344 e. The smallest absolute Gasteiger partial charge is 0.246 e. The minimum atomic E-state index is -2.00. The molecule has 0 spiro atoms. The minimum absolute atomic E-state index is 0.370. The maximum absolute atomic E-state index is 6.96. The largest absolute Gasteiger partial charge is 0.344 e. The standard InChI is InChI=1S/C29H48Cl2O2Si2/c1-19(2)34(20(3)4,21(5)6)17-15-25-26(28(31)29(32-13,33-14)27(25)30)16-18-35(22(7)8,23(9)10)24(11)12/h19-24H,1-14H3. The Bertz CT molecular complexity index is 829. The molecule has 2 nitrogen and oxygen atoms in total. The van der Waals surface area contributed by atoms with Crippen LogP contribution >= 0.6 is 23.2 Å². The van der Waals surface area contributed by atoms with Crippen molar-refractivity contribution in [1.82, 2.24) is 0 Å². The molecule has 1 rings (SSSR count). The first-order chi connectivity index (χ1) is 16.0. The number of allylic oxidation sites excluding steroid dienone is 2. The third-order valence-electron chi connectivity index (χ3n) is 8.38. The molecular formula is C29H48Cl2O2Si2. The second kappa shape index (κ2) is 12.4. The molecule has 0 radical (unpaired) electrons. The van der Waals surface area contributed by atoms with E-state index in [0.29, 0.717) is 54.5 Å². The molecular weight excluding hydrogens is 507 g/mol. The molecule has 35 heavy (non-hydrogen) atoms. The highest BCUT2D eigenvalue weighted by Crippen LogP contribution is 2.48. The summed E-state index contributed by atoms with van der Waals surface area (Å²) in [5.74, 6) is 5.67. The number of halogens is 2. The van der Waals surface area contributed by atoms with Crippen molar-refractivity contribution >= 4 is 39.3 Å². The highest BCUT2D eigenvalue weighted by atomic mass is 35.5. The SMILES string of the molecule is COC1(OC)C(Cl)=C(C#C[Si](C(C)C)(C(C)C)C(C)C)C(C#C[Si](C(C)C)(C(C)C)C(C)C)=C1Cl. The van der Waals surface area contributed by atoms with E-state index in [4.69, 9.17) is 32.7 Å². The Labute approximate surface area is 228 Å². The van der Waals surface area contributed by atoms with Gasteiger partial charge in [0, 0.05) is 14.2 Å². The lowest BCUT2D eigenvalue weighted by Gasteiger charge is -2.38. The second-order valence-corrected chi connectivity index (χ2v) is 23.6. The van der Waals surface area contributed by atoms with Crippen LogP contribution in [0, 0.1) is 22.9 Å². The van der Waals surface area contributed by atoms with Crippen LogP contribution in [0.1, 0.15) is 83.1 Å². The Balaban J connectivity index is 4.01. The Kier molecular flexibility index (Phi) is 11.5. The fourth-order valence-corrected chi connectivity index (χ4v) is 17.8. The summed E-state index contributed by atoms with van der Waals surface area (Å²) in [5.41, 5.74) is 11.9. The first-order valence-electron chi connectivity index (χ1n) is 13.0. The molecule has 1 aliphatic rings. The summed E-state index contributed by atoms with van der Waals surface area (Å²) in [6.45, 7) is 27.6. The normalized spacial score (nSPS) is 16.7. The van der Waals surface area contributed by atoms with Crippen molar-refractivity contribution < 1.29 is 9.47 Å². The molecule has 0 atom stereocenters. The average molecular weight is 556 g/mol. The molecule has 1 aliphatic carbocycles. The Morgan fingerprint density at radius 2 is 0.771 bits per heavy atom. The lowest BCUT2D eigenvalue weighted by Crippen LogP contribution is -2.43. The van der Waals surface area contributed by atoms with Gasteiger partial charge in [0.15, 0.2) is 0 Å². The summed E-state index contributed by atoms with van der Waals surface area (Å²) in [6.07, 6.45) is 0. The van der Waals surface area contributed by atoms with Gasteiger partial charge in [0.05, 0.1) is 21.2 Å².